The van der Waals surface area contributed by atoms with Crippen LogP contribution in [0.5, 0.6) is 0 Å². The molecule has 1 aliphatic heterocycles. The molecule has 0 spiro atoms. The summed E-state index contributed by atoms with van der Waals surface area (Å²) in [4.78, 5) is 26.2. The minimum Gasteiger partial charge on any atom is -0.342 e. The maximum absolute atomic E-state index is 12.5. The molecule has 1 rings (SSSR count). The summed E-state index contributed by atoms with van der Waals surface area (Å²) in [6.45, 7) is 9.62. The topological polar surface area (TPSA) is 49.4 Å². The van der Waals surface area contributed by atoms with E-state index in [-0.39, 0.29) is 17.2 Å². The Morgan fingerprint density at radius 1 is 1.39 bits per heavy atom. The maximum atomic E-state index is 12.5. The van der Waals surface area contributed by atoms with Crippen molar-refractivity contribution in [3.05, 3.63) is 11.6 Å². The van der Waals surface area contributed by atoms with E-state index < -0.39 is 11.6 Å². The summed E-state index contributed by atoms with van der Waals surface area (Å²) in [5, 5.41) is 2.82. The molecule has 2 amide bonds. The fourth-order valence-electron chi connectivity index (χ4n) is 1.97. The molecule has 0 radical (unpaired) electrons. The van der Waals surface area contributed by atoms with E-state index >= 15 is 0 Å². The van der Waals surface area contributed by atoms with E-state index in [1.54, 1.807) is 24.8 Å². The van der Waals surface area contributed by atoms with Crippen molar-refractivity contribution < 1.29 is 9.59 Å². The SMILES string of the molecule is CC(C)(C)C1NC(=O)C(C)(C)N(C/C=C/Cl)C1=O. The van der Waals surface area contributed by atoms with Crippen LogP contribution in [-0.4, -0.2) is 34.8 Å². The van der Waals surface area contributed by atoms with Gasteiger partial charge in [0.2, 0.25) is 11.8 Å². The Morgan fingerprint density at radius 3 is 2.39 bits per heavy atom. The Bertz CT molecular complexity index is 383. The number of rotatable bonds is 2. The lowest BCUT2D eigenvalue weighted by molar-refractivity contribution is -0.157. The largest absolute Gasteiger partial charge is 0.342 e. The lowest BCUT2D eigenvalue weighted by atomic mass is 9.82. The second kappa shape index (κ2) is 4.92. The summed E-state index contributed by atoms with van der Waals surface area (Å²) >= 11 is 5.51. The molecule has 1 saturated heterocycles. The van der Waals surface area contributed by atoms with Gasteiger partial charge in [0, 0.05) is 12.1 Å². The molecular formula is C13H21ClN2O2. The van der Waals surface area contributed by atoms with E-state index in [2.05, 4.69) is 5.32 Å². The zero-order valence-electron chi connectivity index (χ0n) is 11.6. The molecule has 0 aromatic rings. The van der Waals surface area contributed by atoms with Gasteiger partial charge in [-0.1, -0.05) is 38.4 Å². The number of carbonyl (C=O) groups is 2. The number of hydrogen-bond donors (Lipinski definition) is 1. The van der Waals surface area contributed by atoms with Crippen LogP contribution in [0, 0.1) is 5.41 Å². The van der Waals surface area contributed by atoms with Gasteiger partial charge in [0.15, 0.2) is 0 Å². The molecule has 0 aromatic heterocycles. The van der Waals surface area contributed by atoms with Crippen molar-refractivity contribution in [2.24, 2.45) is 5.41 Å². The third kappa shape index (κ3) is 2.69. The molecule has 1 N–H and O–H groups in total. The number of hydrogen-bond acceptors (Lipinski definition) is 2. The summed E-state index contributed by atoms with van der Waals surface area (Å²) < 4.78 is 0. The molecule has 1 heterocycles. The van der Waals surface area contributed by atoms with Crippen LogP contribution in [0.15, 0.2) is 11.6 Å². The van der Waals surface area contributed by atoms with E-state index in [0.29, 0.717) is 6.54 Å². The molecule has 18 heavy (non-hydrogen) atoms. The van der Waals surface area contributed by atoms with Crippen LogP contribution in [0.2, 0.25) is 0 Å². The average molecular weight is 273 g/mol. The molecule has 4 nitrogen and oxygen atoms in total. The van der Waals surface area contributed by atoms with Gasteiger partial charge in [0.1, 0.15) is 11.6 Å². The van der Waals surface area contributed by atoms with Crippen molar-refractivity contribution in [2.75, 3.05) is 6.54 Å². The van der Waals surface area contributed by atoms with E-state index in [9.17, 15) is 9.59 Å². The van der Waals surface area contributed by atoms with Crippen molar-refractivity contribution in [1.29, 1.82) is 0 Å². The first-order valence-corrected chi connectivity index (χ1v) is 6.43. The van der Waals surface area contributed by atoms with Gasteiger partial charge in [-0.2, -0.15) is 0 Å². The monoisotopic (exact) mass is 272 g/mol. The molecule has 0 aromatic carbocycles. The summed E-state index contributed by atoms with van der Waals surface area (Å²) in [5.41, 5.74) is 0.198. The van der Waals surface area contributed by atoms with Crippen LogP contribution in [0.25, 0.3) is 0 Å². The lowest BCUT2D eigenvalue weighted by Gasteiger charge is -2.47. The van der Waals surface area contributed by atoms with Crippen LogP contribution in [-0.2, 0) is 9.59 Å². The average Bonchev–Trinajstić information content (AvgIpc) is 2.22. The van der Waals surface area contributed by atoms with Gasteiger partial charge < -0.3 is 10.2 Å². The van der Waals surface area contributed by atoms with E-state index in [1.807, 2.05) is 20.8 Å². The van der Waals surface area contributed by atoms with Crippen LogP contribution >= 0.6 is 11.6 Å². The number of halogens is 1. The minimum atomic E-state index is -0.852. The molecule has 0 bridgehead atoms. The predicted octanol–water partition coefficient (Wildman–Crippen LogP) is 1.89. The summed E-state index contributed by atoms with van der Waals surface area (Å²) in [6, 6.07) is -0.498. The standard InChI is InChI=1S/C13H21ClN2O2/c1-12(2,3)9-10(17)16(8-6-7-14)13(4,5)11(18)15-9/h6-7,9H,8H2,1-5H3,(H,15,18)/b7-6+. The van der Waals surface area contributed by atoms with Gasteiger partial charge in [0.05, 0.1) is 0 Å². The smallest absolute Gasteiger partial charge is 0.246 e. The number of piperazine rings is 1. The highest BCUT2D eigenvalue weighted by molar-refractivity contribution is 6.25. The number of nitrogens with zero attached hydrogens (tertiary/aromatic N) is 1. The Kier molecular flexibility index (Phi) is 4.11. The molecule has 0 aliphatic carbocycles. The zero-order valence-corrected chi connectivity index (χ0v) is 12.3. The molecule has 1 aliphatic rings. The second-order valence-electron chi connectivity index (χ2n) is 6.14. The van der Waals surface area contributed by atoms with E-state index in [0.717, 1.165) is 0 Å². The fraction of sp³-hybridized carbons (Fsp3) is 0.692. The molecule has 0 saturated carbocycles. The van der Waals surface area contributed by atoms with Crippen LogP contribution in [0.4, 0.5) is 0 Å². The number of carbonyl (C=O) groups excluding carboxylic acids is 2. The Hall–Kier alpha value is -1.03. The van der Waals surface area contributed by atoms with Crippen molar-refractivity contribution >= 4 is 23.4 Å². The third-order valence-corrected chi connectivity index (χ3v) is 3.44. The third-order valence-electron chi connectivity index (χ3n) is 3.26. The zero-order chi connectivity index (χ0) is 14.1. The Labute approximate surface area is 113 Å². The quantitative estimate of drug-likeness (QED) is 0.835. The predicted molar refractivity (Wildman–Crippen MR) is 72.2 cm³/mol. The molecule has 1 fully saturated rings. The normalized spacial score (nSPS) is 24.6. The Morgan fingerprint density at radius 2 is 1.94 bits per heavy atom. The molecule has 1 atom stereocenters. The van der Waals surface area contributed by atoms with Crippen molar-refractivity contribution in [2.45, 2.75) is 46.2 Å². The summed E-state index contributed by atoms with van der Waals surface area (Å²) in [5.74, 6) is -0.202. The maximum Gasteiger partial charge on any atom is 0.246 e. The summed E-state index contributed by atoms with van der Waals surface area (Å²) in [6.07, 6.45) is 1.67. The van der Waals surface area contributed by atoms with Gasteiger partial charge >= 0.3 is 0 Å². The number of nitrogens with one attached hydrogen (secondary N) is 1. The fourth-order valence-corrected chi connectivity index (χ4v) is 2.05. The highest BCUT2D eigenvalue weighted by Crippen LogP contribution is 2.29. The van der Waals surface area contributed by atoms with Crippen LogP contribution in [0.1, 0.15) is 34.6 Å². The molecule has 1 unspecified atom stereocenters. The van der Waals surface area contributed by atoms with Gasteiger partial charge in [-0.25, -0.2) is 0 Å². The molecule has 5 heteroatoms. The second-order valence-corrected chi connectivity index (χ2v) is 6.39. The van der Waals surface area contributed by atoms with Crippen LogP contribution in [0.3, 0.4) is 0 Å². The van der Waals surface area contributed by atoms with Gasteiger partial charge in [-0.3, -0.25) is 9.59 Å². The van der Waals surface area contributed by atoms with Crippen molar-refractivity contribution in [1.82, 2.24) is 10.2 Å². The minimum absolute atomic E-state index is 0.0677. The van der Waals surface area contributed by atoms with Gasteiger partial charge in [-0.05, 0) is 19.3 Å². The van der Waals surface area contributed by atoms with Crippen LogP contribution < -0.4 is 5.32 Å². The van der Waals surface area contributed by atoms with Gasteiger partial charge in [0.25, 0.3) is 0 Å². The first-order chi connectivity index (χ1) is 8.12. The molecule has 102 valence electrons. The lowest BCUT2D eigenvalue weighted by Crippen LogP contribution is -2.70. The first kappa shape index (κ1) is 15.0. The van der Waals surface area contributed by atoms with Gasteiger partial charge in [-0.15, -0.1) is 0 Å². The number of amides is 2. The van der Waals surface area contributed by atoms with E-state index in [1.165, 1.54) is 5.54 Å². The Balaban J connectivity index is 3.09. The van der Waals surface area contributed by atoms with Crippen molar-refractivity contribution in [3.8, 4) is 0 Å². The first-order valence-electron chi connectivity index (χ1n) is 6.00. The summed E-state index contributed by atoms with van der Waals surface area (Å²) in [7, 11) is 0. The molecular weight excluding hydrogens is 252 g/mol. The van der Waals surface area contributed by atoms with Crippen molar-refractivity contribution in [3.63, 3.8) is 0 Å². The van der Waals surface area contributed by atoms with E-state index in [4.69, 9.17) is 11.6 Å². The highest BCUT2D eigenvalue weighted by atomic mass is 35.5. The highest BCUT2D eigenvalue weighted by Gasteiger charge is 2.49.